The molecule has 4 rings (SSSR count). The van der Waals surface area contributed by atoms with Crippen molar-refractivity contribution in [2.45, 2.75) is 12.0 Å². The third kappa shape index (κ3) is 5.68. The number of ether oxygens (including phenoxy) is 4. The summed E-state index contributed by atoms with van der Waals surface area (Å²) >= 11 is 0. The summed E-state index contributed by atoms with van der Waals surface area (Å²) in [7, 11) is 4.82. The van der Waals surface area contributed by atoms with Crippen molar-refractivity contribution in [3.05, 3.63) is 95.1 Å². The van der Waals surface area contributed by atoms with E-state index < -0.39 is 5.60 Å². The minimum atomic E-state index is -1.39. The normalized spacial score (nSPS) is 15.8. The van der Waals surface area contributed by atoms with Gasteiger partial charge in [-0.05, 0) is 24.1 Å². The molecule has 1 aliphatic rings. The van der Waals surface area contributed by atoms with Gasteiger partial charge in [0.05, 0.1) is 27.9 Å². The second kappa shape index (κ2) is 11.1. The van der Waals surface area contributed by atoms with Gasteiger partial charge in [0.15, 0.2) is 17.1 Å². The molecule has 180 valence electrons. The monoisotopic (exact) mass is 470 g/mol. The Hall–Kier alpha value is -3.72. The van der Waals surface area contributed by atoms with Crippen LogP contribution in [0.15, 0.2) is 78.4 Å². The van der Waals surface area contributed by atoms with E-state index in [9.17, 15) is 5.11 Å². The number of aliphatic hydroxyl groups is 1. The fourth-order valence-corrected chi connectivity index (χ4v) is 4.05. The van der Waals surface area contributed by atoms with E-state index in [-0.39, 0.29) is 6.61 Å². The predicted molar refractivity (Wildman–Crippen MR) is 137 cm³/mol. The number of rotatable bonds is 9. The van der Waals surface area contributed by atoms with Crippen LogP contribution in [0.1, 0.15) is 23.1 Å². The van der Waals surface area contributed by atoms with Crippen molar-refractivity contribution >= 4 is 6.08 Å². The molecule has 5 heteroatoms. The Balaban J connectivity index is 1.38. The highest BCUT2D eigenvalue weighted by Crippen LogP contribution is 2.43. The summed E-state index contributed by atoms with van der Waals surface area (Å²) in [5.74, 6) is 8.26. The first-order chi connectivity index (χ1) is 17.1. The van der Waals surface area contributed by atoms with Crippen LogP contribution in [0.4, 0.5) is 0 Å². The van der Waals surface area contributed by atoms with Gasteiger partial charge in [0.2, 0.25) is 5.75 Å². The van der Waals surface area contributed by atoms with Crippen molar-refractivity contribution in [3.8, 4) is 29.1 Å². The summed E-state index contributed by atoms with van der Waals surface area (Å²) in [5, 5.41) is 11.4. The summed E-state index contributed by atoms with van der Waals surface area (Å²) in [6, 6.07) is 22.8. The number of hydrogen-bond acceptors (Lipinski definition) is 5. The summed E-state index contributed by atoms with van der Waals surface area (Å²) in [4.78, 5) is 0. The van der Waals surface area contributed by atoms with Crippen LogP contribution in [0.25, 0.3) is 6.08 Å². The lowest BCUT2D eigenvalue weighted by atomic mass is 9.87. The van der Waals surface area contributed by atoms with Crippen molar-refractivity contribution in [2.75, 3.05) is 34.5 Å². The average Bonchev–Trinajstić information content (AvgIpc) is 3.65. The molecular weight excluding hydrogens is 440 g/mol. The van der Waals surface area contributed by atoms with Crippen molar-refractivity contribution in [3.63, 3.8) is 0 Å². The van der Waals surface area contributed by atoms with E-state index in [1.165, 1.54) is 5.57 Å². The first-order valence-electron chi connectivity index (χ1n) is 11.5. The number of hydrogen-bond donors (Lipinski definition) is 1. The van der Waals surface area contributed by atoms with Gasteiger partial charge in [-0.15, -0.1) is 0 Å². The molecule has 3 aromatic rings. The molecule has 3 aromatic carbocycles. The van der Waals surface area contributed by atoms with Gasteiger partial charge in [0, 0.05) is 17.0 Å². The summed E-state index contributed by atoms with van der Waals surface area (Å²) in [6.07, 6.45) is 3.11. The molecule has 35 heavy (non-hydrogen) atoms. The largest absolute Gasteiger partial charge is 0.493 e. The number of benzene rings is 3. The van der Waals surface area contributed by atoms with Crippen molar-refractivity contribution in [1.82, 2.24) is 0 Å². The van der Waals surface area contributed by atoms with Gasteiger partial charge in [-0.1, -0.05) is 84.2 Å². The maximum atomic E-state index is 11.4. The fraction of sp³-hybridized carbons (Fsp3) is 0.267. The molecule has 1 atom stereocenters. The smallest absolute Gasteiger partial charge is 0.203 e. The first-order valence-corrected chi connectivity index (χ1v) is 11.5. The van der Waals surface area contributed by atoms with Gasteiger partial charge < -0.3 is 24.1 Å². The molecule has 0 spiro atoms. The van der Waals surface area contributed by atoms with Crippen LogP contribution in [0.3, 0.4) is 0 Å². The summed E-state index contributed by atoms with van der Waals surface area (Å²) in [5.41, 5.74) is 2.38. The van der Waals surface area contributed by atoms with E-state index in [1.54, 1.807) is 21.3 Å². The van der Waals surface area contributed by atoms with Gasteiger partial charge in [0.1, 0.15) is 6.61 Å². The lowest BCUT2D eigenvalue weighted by Crippen LogP contribution is -2.25. The zero-order valence-corrected chi connectivity index (χ0v) is 20.3. The van der Waals surface area contributed by atoms with Crippen LogP contribution in [-0.4, -0.2) is 39.6 Å². The average molecular weight is 471 g/mol. The van der Waals surface area contributed by atoms with Gasteiger partial charge in [-0.25, -0.2) is 0 Å². The molecule has 0 amide bonds. The molecule has 0 aromatic heterocycles. The van der Waals surface area contributed by atoms with E-state index in [4.69, 9.17) is 18.9 Å². The summed E-state index contributed by atoms with van der Waals surface area (Å²) in [6.45, 7) is 0.829. The lowest BCUT2D eigenvalue weighted by Gasteiger charge is -2.23. The topological polar surface area (TPSA) is 57.2 Å². The van der Waals surface area contributed by atoms with Crippen LogP contribution in [0, 0.1) is 17.8 Å². The maximum absolute atomic E-state index is 11.4. The van der Waals surface area contributed by atoms with Crippen LogP contribution in [-0.2, 0) is 10.3 Å². The van der Waals surface area contributed by atoms with Crippen LogP contribution >= 0.6 is 0 Å². The molecule has 5 nitrogen and oxygen atoms in total. The Morgan fingerprint density at radius 1 is 0.886 bits per heavy atom. The van der Waals surface area contributed by atoms with Gasteiger partial charge in [-0.2, -0.15) is 0 Å². The molecule has 1 N–H and O–H groups in total. The lowest BCUT2D eigenvalue weighted by molar-refractivity contribution is 0.141. The van der Waals surface area contributed by atoms with E-state index in [2.05, 4.69) is 17.9 Å². The Labute approximate surface area is 206 Å². The molecule has 0 bridgehead atoms. The number of methoxy groups -OCH3 is 3. The van der Waals surface area contributed by atoms with E-state index in [1.807, 2.05) is 72.8 Å². The third-order valence-corrected chi connectivity index (χ3v) is 6.03. The maximum Gasteiger partial charge on any atom is 0.203 e. The van der Waals surface area contributed by atoms with E-state index in [0.29, 0.717) is 29.8 Å². The van der Waals surface area contributed by atoms with Crippen LogP contribution in [0.5, 0.6) is 17.2 Å². The second-order valence-electron chi connectivity index (χ2n) is 8.34. The van der Waals surface area contributed by atoms with Gasteiger partial charge in [0.25, 0.3) is 0 Å². The van der Waals surface area contributed by atoms with Crippen molar-refractivity contribution in [1.29, 1.82) is 0 Å². The van der Waals surface area contributed by atoms with Crippen LogP contribution < -0.4 is 14.2 Å². The van der Waals surface area contributed by atoms with Crippen LogP contribution in [0.2, 0.25) is 0 Å². The molecule has 0 saturated heterocycles. The van der Waals surface area contributed by atoms with Crippen molar-refractivity contribution in [2.24, 2.45) is 5.92 Å². The molecule has 0 heterocycles. The highest BCUT2D eigenvalue weighted by atomic mass is 16.5. The first kappa shape index (κ1) is 24.4. The quantitative estimate of drug-likeness (QED) is 0.350. The minimum absolute atomic E-state index is 0.246. The molecule has 0 radical (unpaired) electrons. The van der Waals surface area contributed by atoms with Crippen molar-refractivity contribution < 1.29 is 24.1 Å². The Morgan fingerprint density at radius 2 is 1.46 bits per heavy atom. The fourth-order valence-electron chi connectivity index (χ4n) is 4.05. The molecular formula is C30H30O5. The van der Waals surface area contributed by atoms with Gasteiger partial charge in [-0.3, -0.25) is 0 Å². The zero-order chi connectivity index (χ0) is 24.7. The van der Waals surface area contributed by atoms with Gasteiger partial charge >= 0.3 is 0 Å². The molecule has 1 saturated carbocycles. The molecule has 0 aliphatic heterocycles. The highest BCUT2D eigenvalue weighted by Gasteiger charge is 2.30. The Morgan fingerprint density at radius 3 is 1.97 bits per heavy atom. The third-order valence-electron chi connectivity index (χ3n) is 6.03. The Bertz CT molecular complexity index is 1160. The SMILES string of the molecule is COc1cc(/C=C2/CC2COCC#CC(O)(c2ccccc2)c2ccccc2)cc(OC)c1OC. The van der Waals surface area contributed by atoms with E-state index in [0.717, 1.165) is 23.1 Å². The standard InChI is InChI=1S/C30H30O5/c1-32-27-18-22(19-28(33-2)29(27)34-3)17-23-20-24(23)21-35-16-10-15-30(31,25-11-6-4-7-12-25)26-13-8-5-9-14-26/h4-9,11-14,17-19,24,31H,16,20-21H2,1-3H3/b23-17-. The predicted octanol–water partition coefficient (Wildman–Crippen LogP) is 5.07. The second-order valence-corrected chi connectivity index (χ2v) is 8.34. The molecule has 1 fully saturated rings. The zero-order valence-electron chi connectivity index (χ0n) is 20.3. The molecule has 1 aliphatic carbocycles. The summed E-state index contributed by atoms with van der Waals surface area (Å²) < 4.78 is 22.1. The minimum Gasteiger partial charge on any atom is -0.493 e. The van der Waals surface area contributed by atoms with E-state index >= 15 is 0 Å². The highest BCUT2D eigenvalue weighted by molar-refractivity contribution is 5.65. The molecule has 1 unspecified atom stereocenters. The Kier molecular flexibility index (Phi) is 7.77.